The number of urea groups is 1. The first kappa shape index (κ1) is 19.8. The molecule has 9 nitrogen and oxygen atoms in total. The van der Waals surface area contributed by atoms with Crippen molar-refractivity contribution >= 4 is 17.5 Å². The van der Waals surface area contributed by atoms with Crippen LogP contribution in [0, 0.1) is 13.8 Å². The first-order chi connectivity index (χ1) is 14.5. The van der Waals surface area contributed by atoms with E-state index in [-0.39, 0.29) is 12.1 Å². The standard InChI is InChI=1S/C21H26N8O/c1-14-15(2)20(27-26-19(14)18-6-10-23-28(18)3)29-11-7-16(8-12-29)24-21(30)25-17-5-4-9-22-13-17/h4-6,9-10,13,16H,7-8,11-12H2,1-3H3,(H2,24,25,30). The van der Waals surface area contributed by atoms with E-state index in [0.717, 1.165) is 54.3 Å². The van der Waals surface area contributed by atoms with Gasteiger partial charge >= 0.3 is 6.03 Å². The molecule has 0 aliphatic carbocycles. The summed E-state index contributed by atoms with van der Waals surface area (Å²) in [5.74, 6) is 0.914. The van der Waals surface area contributed by atoms with Gasteiger partial charge < -0.3 is 15.5 Å². The van der Waals surface area contributed by atoms with Crippen LogP contribution in [0.25, 0.3) is 11.4 Å². The van der Waals surface area contributed by atoms with Crippen LogP contribution >= 0.6 is 0 Å². The van der Waals surface area contributed by atoms with E-state index in [0.29, 0.717) is 5.69 Å². The number of anilines is 2. The van der Waals surface area contributed by atoms with Gasteiger partial charge in [0.2, 0.25) is 0 Å². The van der Waals surface area contributed by atoms with Crippen LogP contribution in [-0.2, 0) is 7.05 Å². The van der Waals surface area contributed by atoms with E-state index in [1.165, 1.54) is 0 Å². The number of piperidine rings is 1. The molecule has 30 heavy (non-hydrogen) atoms. The smallest absolute Gasteiger partial charge is 0.319 e. The number of carbonyl (C=O) groups excluding carboxylic acids is 1. The molecule has 156 valence electrons. The van der Waals surface area contributed by atoms with Crippen LogP contribution in [0.1, 0.15) is 24.0 Å². The lowest BCUT2D eigenvalue weighted by molar-refractivity contribution is 0.246. The summed E-state index contributed by atoms with van der Waals surface area (Å²) < 4.78 is 1.81. The average molecular weight is 406 g/mol. The van der Waals surface area contributed by atoms with E-state index < -0.39 is 0 Å². The van der Waals surface area contributed by atoms with Crippen LogP contribution < -0.4 is 15.5 Å². The van der Waals surface area contributed by atoms with Crippen LogP contribution in [-0.4, -0.2) is 50.1 Å². The Bertz CT molecular complexity index is 1020. The van der Waals surface area contributed by atoms with Gasteiger partial charge in [0, 0.05) is 38.6 Å². The van der Waals surface area contributed by atoms with Gasteiger partial charge in [-0.3, -0.25) is 9.67 Å². The predicted molar refractivity (Wildman–Crippen MR) is 115 cm³/mol. The zero-order chi connectivity index (χ0) is 21.1. The van der Waals surface area contributed by atoms with Gasteiger partial charge in [-0.2, -0.15) is 5.10 Å². The summed E-state index contributed by atoms with van der Waals surface area (Å²) >= 11 is 0. The molecule has 1 aliphatic rings. The maximum atomic E-state index is 12.2. The summed E-state index contributed by atoms with van der Waals surface area (Å²) in [5, 5.41) is 19.1. The number of hydrogen-bond donors (Lipinski definition) is 2. The van der Waals surface area contributed by atoms with E-state index in [1.54, 1.807) is 24.7 Å². The first-order valence-corrected chi connectivity index (χ1v) is 10.1. The normalized spacial score (nSPS) is 14.6. The molecule has 4 heterocycles. The zero-order valence-corrected chi connectivity index (χ0v) is 17.5. The van der Waals surface area contributed by atoms with Crippen LogP contribution in [0.2, 0.25) is 0 Å². The Labute approximate surface area is 175 Å². The van der Waals surface area contributed by atoms with Crippen molar-refractivity contribution in [3.05, 3.63) is 47.9 Å². The highest BCUT2D eigenvalue weighted by molar-refractivity contribution is 5.89. The Morgan fingerprint density at radius 1 is 1.10 bits per heavy atom. The third-order valence-corrected chi connectivity index (χ3v) is 5.61. The Kier molecular flexibility index (Phi) is 5.60. The van der Waals surface area contributed by atoms with Crippen LogP contribution in [0.3, 0.4) is 0 Å². The van der Waals surface area contributed by atoms with Gasteiger partial charge in [0.05, 0.1) is 17.6 Å². The fraction of sp³-hybridized carbons (Fsp3) is 0.381. The molecule has 0 bridgehead atoms. The Morgan fingerprint density at radius 3 is 2.57 bits per heavy atom. The summed E-state index contributed by atoms with van der Waals surface area (Å²) in [6, 6.07) is 5.48. The van der Waals surface area contributed by atoms with Crippen molar-refractivity contribution < 1.29 is 4.79 Å². The SMILES string of the molecule is Cc1c(-c2ccnn2C)nnc(N2CCC(NC(=O)Nc3cccnc3)CC2)c1C. The molecule has 2 amide bonds. The number of amides is 2. The van der Waals surface area contributed by atoms with E-state index in [2.05, 4.69) is 49.7 Å². The number of carbonyl (C=O) groups is 1. The number of pyridine rings is 1. The highest BCUT2D eigenvalue weighted by Gasteiger charge is 2.24. The Hall–Kier alpha value is -3.49. The van der Waals surface area contributed by atoms with Crippen molar-refractivity contribution in [3.63, 3.8) is 0 Å². The molecule has 1 saturated heterocycles. The second kappa shape index (κ2) is 8.48. The summed E-state index contributed by atoms with van der Waals surface area (Å²) in [4.78, 5) is 18.5. The maximum absolute atomic E-state index is 12.2. The molecule has 3 aromatic heterocycles. The molecule has 0 spiro atoms. The quantitative estimate of drug-likeness (QED) is 0.691. The number of hydrogen-bond acceptors (Lipinski definition) is 6. The minimum Gasteiger partial charge on any atom is -0.355 e. The molecule has 1 aliphatic heterocycles. The van der Waals surface area contributed by atoms with Crippen molar-refractivity contribution in [1.29, 1.82) is 0 Å². The summed E-state index contributed by atoms with van der Waals surface area (Å²) in [7, 11) is 1.90. The highest BCUT2D eigenvalue weighted by Crippen LogP contribution is 2.28. The van der Waals surface area contributed by atoms with Crippen LogP contribution in [0.5, 0.6) is 0 Å². The summed E-state index contributed by atoms with van der Waals surface area (Å²) in [6.45, 7) is 5.80. The van der Waals surface area contributed by atoms with E-state index in [4.69, 9.17) is 0 Å². The van der Waals surface area contributed by atoms with Crippen LogP contribution in [0.15, 0.2) is 36.8 Å². The van der Waals surface area contributed by atoms with Crippen molar-refractivity contribution in [3.8, 4) is 11.4 Å². The molecule has 0 aromatic carbocycles. The van der Waals surface area contributed by atoms with Gasteiger partial charge in [0.25, 0.3) is 0 Å². The molecule has 4 rings (SSSR count). The monoisotopic (exact) mass is 406 g/mol. The molecule has 0 atom stereocenters. The largest absolute Gasteiger partial charge is 0.355 e. The Balaban J connectivity index is 1.38. The van der Waals surface area contributed by atoms with Gasteiger partial charge in [-0.15, -0.1) is 10.2 Å². The lowest BCUT2D eigenvalue weighted by atomic mass is 10.0. The van der Waals surface area contributed by atoms with Crippen molar-refractivity contribution in [2.24, 2.45) is 7.05 Å². The second-order valence-corrected chi connectivity index (χ2v) is 7.56. The molecule has 0 radical (unpaired) electrons. The van der Waals surface area contributed by atoms with Gasteiger partial charge in [-0.25, -0.2) is 4.79 Å². The number of nitrogens with one attached hydrogen (secondary N) is 2. The number of rotatable bonds is 4. The third-order valence-electron chi connectivity index (χ3n) is 5.61. The number of aryl methyl sites for hydroxylation is 1. The molecule has 9 heteroatoms. The van der Waals surface area contributed by atoms with Crippen molar-refractivity contribution in [2.45, 2.75) is 32.7 Å². The van der Waals surface area contributed by atoms with E-state index >= 15 is 0 Å². The van der Waals surface area contributed by atoms with Crippen molar-refractivity contribution in [2.75, 3.05) is 23.3 Å². The average Bonchev–Trinajstić information content (AvgIpc) is 3.17. The topological polar surface area (TPSA) is 101 Å². The minimum absolute atomic E-state index is 0.126. The van der Waals surface area contributed by atoms with Crippen molar-refractivity contribution in [1.82, 2.24) is 30.3 Å². The minimum atomic E-state index is -0.200. The first-order valence-electron chi connectivity index (χ1n) is 10.1. The molecule has 0 unspecified atom stereocenters. The van der Waals surface area contributed by atoms with Gasteiger partial charge in [0.15, 0.2) is 5.82 Å². The van der Waals surface area contributed by atoms with Gasteiger partial charge in [-0.1, -0.05) is 0 Å². The molecule has 2 N–H and O–H groups in total. The van der Waals surface area contributed by atoms with E-state index in [9.17, 15) is 4.79 Å². The molecular formula is C21H26N8O. The summed E-state index contributed by atoms with van der Waals surface area (Å²) in [6.07, 6.45) is 6.77. The fourth-order valence-electron chi connectivity index (χ4n) is 3.77. The van der Waals surface area contributed by atoms with Crippen LogP contribution in [0.4, 0.5) is 16.3 Å². The lowest BCUT2D eigenvalue weighted by Crippen LogP contribution is -2.46. The second-order valence-electron chi connectivity index (χ2n) is 7.56. The molecule has 1 fully saturated rings. The third kappa shape index (κ3) is 4.10. The summed E-state index contributed by atoms with van der Waals surface area (Å²) in [5.41, 5.74) is 4.74. The maximum Gasteiger partial charge on any atom is 0.319 e. The molecule has 0 saturated carbocycles. The molecular weight excluding hydrogens is 380 g/mol. The lowest BCUT2D eigenvalue weighted by Gasteiger charge is -2.34. The number of aromatic nitrogens is 5. The predicted octanol–water partition coefficient (Wildman–Crippen LogP) is 2.68. The van der Waals surface area contributed by atoms with E-state index in [1.807, 2.05) is 23.9 Å². The zero-order valence-electron chi connectivity index (χ0n) is 17.5. The van der Waals surface area contributed by atoms with Gasteiger partial charge in [-0.05, 0) is 56.0 Å². The number of nitrogens with zero attached hydrogens (tertiary/aromatic N) is 6. The highest BCUT2D eigenvalue weighted by atomic mass is 16.2. The Morgan fingerprint density at radius 2 is 1.90 bits per heavy atom. The molecule has 3 aromatic rings. The van der Waals surface area contributed by atoms with Gasteiger partial charge in [0.1, 0.15) is 5.69 Å². The fourth-order valence-corrected chi connectivity index (χ4v) is 3.77.